The Kier molecular flexibility index (Phi) is 7.40. The fourth-order valence-electron chi connectivity index (χ4n) is 4.91. The van der Waals surface area contributed by atoms with Crippen LogP contribution in [0.5, 0.6) is 0 Å². The Labute approximate surface area is 205 Å². The van der Waals surface area contributed by atoms with E-state index in [0.717, 1.165) is 35.1 Å². The van der Waals surface area contributed by atoms with Gasteiger partial charge in [0.1, 0.15) is 12.6 Å². The molecule has 1 aliphatic heterocycles. The number of rotatable bonds is 9. The summed E-state index contributed by atoms with van der Waals surface area (Å²) in [6, 6.07) is 14.7. The molecule has 0 saturated carbocycles. The van der Waals surface area contributed by atoms with Crippen LogP contribution in [0.2, 0.25) is 0 Å². The number of ether oxygens (including phenoxy) is 2. The first-order valence-corrected chi connectivity index (χ1v) is 12.0. The van der Waals surface area contributed by atoms with Gasteiger partial charge in [0.15, 0.2) is 0 Å². The Bertz CT molecular complexity index is 1050. The van der Waals surface area contributed by atoms with E-state index in [1.807, 2.05) is 62.4 Å². The van der Waals surface area contributed by atoms with Gasteiger partial charge in [-0.3, -0.25) is 9.59 Å². The summed E-state index contributed by atoms with van der Waals surface area (Å²) in [5, 5.41) is 14.5. The Morgan fingerprint density at radius 2 is 1.71 bits per heavy atom. The van der Waals surface area contributed by atoms with Gasteiger partial charge in [0.2, 0.25) is 5.91 Å². The molecule has 2 unspecified atom stereocenters. The van der Waals surface area contributed by atoms with E-state index in [2.05, 4.69) is 10.6 Å². The number of fused-ring (bicyclic) bond motifs is 3. The zero-order chi connectivity index (χ0) is 25.0. The molecule has 35 heavy (non-hydrogen) atoms. The minimum Gasteiger partial charge on any atom is -0.481 e. The molecule has 1 saturated heterocycles. The van der Waals surface area contributed by atoms with E-state index in [4.69, 9.17) is 9.47 Å². The molecule has 8 heteroatoms. The molecular formula is C27H32N2O6. The Morgan fingerprint density at radius 1 is 1.09 bits per heavy atom. The van der Waals surface area contributed by atoms with Crippen LogP contribution in [-0.4, -0.2) is 55.0 Å². The van der Waals surface area contributed by atoms with Crippen molar-refractivity contribution in [3.8, 4) is 11.1 Å². The molecule has 0 radical (unpaired) electrons. The third-order valence-electron chi connectivity index (χ3n) is 6.85. The van der Waals surface area contributed by atoms with Gasteiger partial charge in [0.05, 0.1) is 12.5 Å². The summed E-state index contributed by atoms with van der Waals surface area (Å²) >= 11 is 0. The standard InChI is InChI=1S/C27H32N2O6/c1-27(2,23-12-7-13-34-23)16-28-25(32)22(14-24(30)31)29-26(33)35-15-21-19-10-5-3-8-17(19)18-9-4-6-11-20(18)21/h3-6,8-11,21-23H,7,12-16H2,1-2H3,(H,28,32)(H,29,33)(H,30,31). The number of amides is 2. The van der Waals surface area contributed by atoms with E-state index in [9.17, 15) is 19.5 Å². The lowest BCUT2D eigenvalue weighted by molar-refractivity contribution is -0.140. The van der Waals surface area contributed by atoms with Gasteiger partial charge >= 0.3 is 12.1 Å². The third-order valence-corrected chi connectivity index (χ3v) is 6.85. The molecular weight excluding hydrogens is 448 g/mol. The number of carbonyl (C=O) groups excluding carboxylic acids is 2. The largest absolute Gasteiger partial charge is 0.481 e. The monoisotopic (exact) mass is 480 g/mol. The number of hydrogen-bond acceptors (Lipinski definition) is 5. The number of alkyl carbamates (subject to hydrolysis) is 1. The summed E-state index contributed by atoms with van der Waals surface area (Å²) in [6.07, 6.45) is 0.547. The molecule has 2 amide bonds. The zero-order valence-corrected chi connectivity index (χ0v) is 20.1. The van der Waals surface area contributed by atoms with Gasteiger partial charge < -0.3 is 25.2 Å². The van der Waals surface area contributed by atoms with Crippen LogP contribution in [0.3, 0.4) is 0 Å². The molecule has 0 spiro atoms. The average Bonchev–Trinajstić information content (AvgIpc) is 3.48. The van der Waals surface area contributed by atoms with Crippen LogP contribution in [-0.2, 0) is 19.1 Å². The molecule has 8 nitrogen and oxygen atoms in total. The second kappa shape index (κ2) is 10.5. The molecule has 1 heterocycles. The van der Waals surface area contributed by atoms with Crippen molar-refractivity contribution in [2.24, 2.45) is 5.41 Å². The summed E-state index contributed by atoms with van der Waals surface area (Å²) in [6.45, 7) is 5.07. The number of nitrogens with one attached hydrogen (secondary N) is 2. The number of carbonyl (C=O) groups is 3. The zero-order valence-electron chi connectivity index (χ0n) is 20.1. The molecule has 1 aliphatic carbocycles. The molecule has 0 bridgehead atoms. The van der Waals surface area contributed by atoms with Crippen LogP contribution < -0.4 is 10.6 Å². The van der Waals surface area contributed by atoms with Crippen LogP contribution in [0, 0.1) is 5.41 Å². The molecule has 2 aromatic carbocycles. The lowest BCUT2D eigenvalue weighted by atomic mass is 9.85. The van der Waals surface area contributed by atoms with E-state index in [1.54, 1.807) is 0 Å². The molecule has 2 aromatic rings. The average molecular weight is 481 g/mol. The third kappa shape index (κ3) is 5.65. The topological polar surface area (TPSA) is 114 Å². The van der Waals surface area contributed by atoms with Gasteiger partial charge in [-0.1, -0.05) is 62.4 Å². The van der Waals surface area contributed by atoms with Crippen molar-refractivity contribution < 1.29 is 29.0 Å². The lowest BCUT2D eigenvalue weighted by Gasteiger charge is -2.31. The van der Waals surface area contributed by atoms with E-state index in [-0.39, 0.29) is 24.0 Å². The summed E-state index contributed by atoms with van der Waals surface area (Å²) in [7, 11) is 0. The highest BCUT2D eigenvalue weighted by molar-refractivity contribution is 5.89. The van der Waals surface area contributed by atoms with Crippen molar-refractivity contribution in [3.63, 3.8) is 0 Å². The van der Waals surface area contributed by atoms with Gasteiger partial charge in [-0.05, 0) is 35.1 Å². The van der Waals surface area contributed by atoms with Crippen molar-refractivity contribution in [1.29, 1.82) is 0 Å². The van der Waals surface area contributed by atoms with E-state index >= 15 is 0 Å². The van der Waals surface area contributed by atoms with Crippen molar-refractivity contribution in [2.45, 2.75) is 51.2 Å². The van der Waals surface area contributed by atoms with E-state index < -0.39 is 30.4 Å². The van der Waals surface area contributed by atoms with Crippen LogP contribution in [0.15, 0.2) is 48.5 Å². The molecule has 3 N–H and O–H groups in total. The molecule has 2 atom stereocenters. The predicted octanol–water partition coefficient (Wildman–Crippen LogP) is 3.69. The molecule has 1 fully saturated rings. The van der Waals surface area contributed by atoms with Gasteiger partial charge in [-0.15, -0.1) is 0 Å². The minimum absolute atomic E-state index is 0.0239. The first-order valence-electron chi connectivity index (χ1n) is 12.0. The van der Waals surface area contributed by atoms with Gasteiger partial charge in [-0.2, -0.15) is 0 Å². The van der Waals surface area contributed by atoms with Gasteiger partial charge in [-0.25, -0.2) is 4.79 Å². The number of aliphatic carboxylic acids is 1. The summed E-state index contributed by atoms with van der Waals surface area (Å²) in [5.41, 5.74) is 4.03. The second-order valence-electron chi connectivity index (χ2n) is 9.83. The number of carboxylic acids is 1. The fourth-order valence-corrected chi connectivity index (χ4v) is 4.91. The van der Waals surface area contributed by atoms with E-state index in [0.29, 0.717) is 13.2 Å². The smallest absolute Gasteiger partial charge is 0.407 e. The van der Waals surface area contributed by atoms with Crippen LogP contribution in [0.4, 0.5) is 4.79 Å². The van der Waals surface area contributed by atoms with Crippen molar-refractivity contribution in [2.75, 3.05) is 19.8 Å². The first kappa shape index (κ1) is 24.7. The SMILES string of the molecule is CC(C)(CNC(=O)C(CC(=O)O)NC(=O)OCC1c2ccccc2-c2ccccc21)C1CCCO1. The number of hydrogen-bond donors (Lipinski definition) is 3. The highest BCUT2D eigenvalue weighted by Gasteiger charge is 2.35. The predicted molar refractivity (Wildman–Crippen MR) is 130 cm³/mol. The summed E-state index contributed by atoms with van der Waals surface area (Å²) < 4.78 is 11.2. The van der Waals surface area contributed by atoms with Crippen LogP contribution in [0.1, 0.15) is 50.2 Å². The maximum atomic E-state index is 12.8. The summed E-state index contributed by atoms with van der Waals surface area (Å²) in [4.78, 5) is 36.7. The quantitative estimate of drug-likeness (QED) is 0.504. The molecule has 186 valence electrons. The number of benzene rings is 2. The highest BCUT2D eigenvalue weighted by Crippen LogP contribution is 2.44. The van der Waals surface area contributed by atoms with Crippen molar-refractivity contribution in [3.05, 3.63) is 59.7 Å². The van der Waals surface area contributed by atoms with Crippen LogP contribution >= 0.6 is 0 Å². The summed E-state index contributed by atoms with van der Waals surface area (Å²) in [5.74, 6) is -1.89. The lowest BCUT2D eigenvalue weighted by Crippen LogP contribution is -2.51. The van der Waals surface area contributed by atoms with Crippen molar-refractivity contribution >= 4 is 18.0 Å². The highest BCUT2D eigenvalue weighted by atomic mass is 16.5. The Morgan fingerprint density at radius 3 is 2.29 bits per heavy atom. The minimum atomic E-state index is -1.25. The normalized spacial score (nSPS) is 17.8. The van der Waals surface area contributed by atoms with Gasteiger partial charge in [0.25, 0.3) is 0 Å². The maximum absolute atomic E-state index is 12.8. The second-order valence-corrected chi connectivity index (χ2v) is 9.83. The fraction of sp³-hybridized carbons (Fsp3) is 0.444. The number of carboxylic acid groups (broad SMARTS) is 1. The molecule has 0 aromatic heterocycles. The Hall–Kier alpha value is -3.39. The van der Waals surface area contributed by atoms with Crippen molar-refractivity contribution in [1.82, 2.24) is 10.6 Å². The molecule has 2 aliphatic rings. The van der Waals surface area contributed by atoms with Crippen LogP contribution in [0.25, 0.3) is 11.1 Å². The maximum Gasteiger partial charge on any atom is 0.407 e. The van der Waals surface area contributed by atoms with E-state index in [1.165, 1.54) is 0 Å². The Balaban J connectivity index is 1.36. The molecule has 4 rings (SSSR count). The van der Waals surface area contributed by atoms with Gasteiger partial charge in [0, 0.05) is 24.5 Å². The first-order chi connectivity index (χ1) is 16.8.